The Morgan fingerprint density at radius 1 is 0.969 bits per heavy atom. The van der Waals surface area contributed by atoms with E-state index in [1.165, 1.54) is 6.07 Å². The molecule has 4 nitrogen and oxygen atoms in total. The van der Waals surface area contributed by atoms with E-state index in [0.717, 1.165) is 28.5 Å². The average molecular weight is 431 g/mol. The first kappa shape index (κ1) is 21.8. The largest absolute Gasteiger partial charge is 0.385 e. The minimum Gasteiger partial charge on any atom is -0.385 e. The number of rotatable bonds is 9. The number of aromatic nitrogens is 1. The highest BCUT2D eigenvalue weighted by Gasteiger charge is 2.18. The summed E-state index contributed by atoms with van der Waals surface area (Å²) in [4.78, 5) is 15.3. The first-order valence-corrected chi connectivity index (χ1v) is 10.8. The van der Waals surface area contributed by atoms with E-state index in [-0.39, 0.29) is 11.7 Å². The van der Waals surface area contributed by atoms with Crippen molar-refractivity contribution in [1.29, 1.82) is 0 Å². The number of hydrogen-bond acceptors (Lipinski definition) is 2. The molecule has 4 rings (SSSR count). The van der Waals surface area contributed by atoms with Gasteiger partial charge in [0.1, 0.15) is 5.82 Å². The van der Waals surface area contributed by atoms with Gasteiger partial charge in [-0.3, -0.25) is 4.79 Å². The van der Waals surface area contributed by atoms with Crippen LogP contribution in [-0.4, -0.2) is 35.6 Å². The van der Waals surface area contributed by atoms with E-state index in [1.54, 1.807) is 19.2 Å². The molecule has 0 aliphatic heterocycles. The van der Waals surface area contributed by atoms with Gasteiger partial charge in [-0.1, -0.05) is 42.5 Å². The van der Waals surface area contributed by atoms with Crippen molar-refractivity contribution in [3.05, 3.63) is 108 Å². The molecule has 0 atom stereocenters. The summed E-state index contributed by atoms with van der Waals surface area (Å²) in [5, 5.41) is 2.16. The van der Waals surface area contributed by atoms with Crippen LogP contribution >= 0.6 is 0 Å². The Hall–Kier alpha value is -3.44. The molecular formula is C27H27FN2O2. The van der Waals surface area contributed by atoms with Crippen LogP contribution in [0.4, 0.5) is 4.39 Å². The summed E-state index contributed by atoms with van der Waals surface area (Å²) in [6, 6.07) is 24.4. The van der Waals surface area contributed by atoms with Crippen molar-refractivity contribution in [2.24, 2.45) is 0 Å². The van der Waals surface area contributed by atoms with E-state index in [4.69, 9.17) is 4.74 Å². The summed E-state index contributed by atoms with van der Waals surface area (Å²) in [6.45, 7) is 2.20. The maximum absolute atomic E-state index is 13.6. The van der Waals surface area contributed by atoms with Crippen LogP contribution in [0.15, 0.2) is 85.1 Å². The number of hydrogen-bond donors (Lipinski definition) is 0. The molecule has 0 saturated heterocycles. The van der Waals surface area contributed by atoms with Gasteiger partial charge in [-0.05, 0) is 59.2 Å². The molecule has 0 aliphatic carbocycles. The van der Waals surface area contributed by atoms with Gasteiger partial charge in [0.05, 0.1) is 6.54 Å². The number of amides is 1. The smallest absolute Gasteiger partial charge is 0.254 e. The second kappa shape index (κ2) is 10.2. The number of benzene rings is 3. The van der Waals surface area contributed by atoms with Gasteiger partial charge in [0.25, 0.3) is 5.91 Å². The van der Waals surface area contributed by atoms with Crippen molar-refractivity contribution >= 4 is 16.7 Å². The highest BCUT2D eigenvalue weighted by molar-refractivity contribution is 5.98. The maximum atomic E-state index is 13.6. The second-order valence-electron chi connectivity index (χ2n) is 7.89. The third kappa shape index (κ3) is 5.24. The Balaban J connectivity index is 1.56. The van der Waals surface area contributed by atoms with E-state index < -0.39 is 0 Å². The Kier molecular flexibility index (Phi) is 6.97. The lowest BCUT2D eigenvalue weighted by molar-refractivity contribution is 0.0720. The van der Waals surface area contributed by atoms with Crippen molar-refractivity contribution < 1.29 is 13.9 Å². The first-order chi connectivity index (χ1) is 15.6. The summed E-state index contributed by atoms with van der Waals surface area (Å²) >= 11 is 0. The van der Waals surface area contributed by atoms with E-state index in [9.17, 15) is 9.18 Å². The number of halogens is 1. The molecule has 0 N–H and O–H groups in total. The molecule has 164 valence electrons. The Labute approximate surface area is 187 Å². The van der Waals surface area contributed by atoms with E-state index in [1.807, 2.05) is 71.8 Å². The molecule has 0 fully saturated rings. The molecular weight excluding hydrogens is 403 g/mol. The second-order valence-corrected chi connectivity index (χ2v) is 7.89. The number of methoxy groups -OCH3 is 1. The SMILES string of the molecule is COCCCN(Cc1cccn1Cc1cccc(F)c1)C(=O)c1ccc2ccccc2c1. The maximum Gasteiger partial charge on any atom is 0.254 e. The van der Waals surface area contributed by atoms with E-state index >= 15 is 0 Å². The van der Waals surface area contributed by atoms with Crippen LogP contribution in [0.5, 0.6) is 0 Å². The number of nitrogens with zero attached hydrogens (tertiary/aromatic N) is 2. The molecule has 1 aromatic heterocycles. The minimum absolute atomic E-state index is 0.00892. The van der Waals surface area contributed by atoms with Crippen LogP contribution < -0.4 is 0 Å². The fraction of sp³-hybridized carbons (Fsp3) is 0.222. The Morgan fingerprint density at radius 3 is 2.62 bits per heavy atom. The first-order valence-electron chi connectivity index (χ1n) is 10.8. The highest BCUT2D eigenvalue weighted by atomic mass is 19.1. The third-order valence-electron chi connectivity index (χ3n) is 5.58. The van der Waals surface area contributed by atoms with E-state index in [0.29, 0.717) is 31.8 Å². The molecule has 0 radical (unpaired) electrons. The summed E-state index contributed by atoms with van der Waals surface area (Å²) in [5.41, 5.74) is 2.56. The Bertz CT molecular complexity index is 1200. The zero-order valence-corrected chi connectivity index (χ0v) is 18.2. The van der Waals surface area contributed by atoms with Gasteiger partial charge in [-0.15, -0.1) is 0 Å². The van der Waals surface area contributed by atoms with Crippen molar-refractivity contribution in [3.63, 3.8) is 0 Å². The van der Waals surface area contributed by atoms with Gasteiger partial charge in [-0.2, -0.15) is 0 Å². The molecule has 0 aliphatic rings. The van der Waals surface area contributed by atoms with Gasteiger partial charge in [0.2, 0.25) is 0 Å². The van der Waals surface area contributed by atoms with Gasteiger partial charge in [0.15, 0.2) is 0 Å². The quantitative estimate of drug-likeness (QED) is 0.328. The van der Waals surface area contributed by atoms with Crippen molar-refractivity contribution in [2.75, 3.05) is 20.3 Å². The zero-order chi connectivity index (χ0) is 22.3. The lowest BCUT2D eigenvalue weighted by Gasteiger charge is -2.24. The number of carbonyl (C=O) groups is 1. The summed E-state index contributed by atoms with van der Waals surface area (Å²) in [6.07, 6.45) is 2.72. The molecule has 0 bridgehead atoms. The lowest BCUT2D eigenvalue weighted by Crippen LogP contribution is -2.33. The zero-order valence-electron chi connectivity index (χ0n) is 18.2. The van der Waals surface area contributed by atoms with Crippen LogP contribution in [0.3, 0.4) is 0 Å². The summed E-state index contributed by atoms with van der Waals surface area (Å²) in [5.74, 6) is -0.255. The standard InChI is InChI=1S/C27H27FN2O2/c1-32-16-6-15-30(27(31)24-13-12-22-8-2-3-9-23(22)18-24)20-26-11-5-14-29(26)19-21-7-4-10-25(28)17-21/h2-5,7-14,17-18H,6,15-16,19-20H2,1H3. The summed E-state index contributed by atoms with van der Waals surface area (Å²) in [7, 11) is 1.67. The fourth-order valence-electron chi connectivity index (χ4n) is 3.93. The van der Waals surface area contributed by atoms with Gasteiger partial charge >= 0.3 is 0 Å². The topological polar surface area (TPSA) is 34.5 Å². The number of ether oxygens (including phenoxy) is 1. The lowest BCUT2D eigenvalue weighted by atomic mass is 10.1. The van der Waals surface area contributed by atoms with Crippen LogP contribution in [-0.2, 0) is 17.8 Å². The van der Waals surface area contributed by atoms with Crippen LogP contribution in [0.25, 0.3) is 10.8 Å². The molecule has 32 heavy (non-hydrogen) atoms. The van der Waals surface area contributed by atoms with Gasteiger partial charge < -0.3 is 14.2 Å². The molecule has 4 aromatic rings. The van der Waals surface area contributed by atoms with Gasteiger partial charge in [0, 0.05) is 44.3 Å². The van der Waals surface area contributed by atoms with Crippen LogP contribution in [0, 0.1) is 5.82 Å². The third-order valence-corrected chi connectivity index (χ3v) is 5.58. The molecule has 0 unspecified atom stereocenters. The number of carbonyl (C=O) groups excluding carboxylic acids is 1. The van der Waals surface area contributed by atoms with Crippen LogP contribution in [0.1, 0.15) is 28.0 Å². The fourth-order valence-corrected chi connectivity index (χ4v) is 3.93. The van der Waals surface area contributed by atoms with Crippen molar-refractivity contribution in [2.45, 2.75) is 19.5 Å². The normalized spacial score (nSPS) is 11.1. The Morgan fingerprint density at radius 2 is 1.81 bits per heavy atom. The van der Waals surface area contributed by atoms with Crippen molar-refractivity contribution in [1.82, 2.24) is 9.47 Å². The number of fused-ring (bicyclic) bond motifs is 1. The summed E-state index contributed by atoms with van der Waals surface area (Å²) < 4.78 is 20.9. The minimum atomic E-state index is -0.246. The van der Waals surface area contributed by atoms with Crippen molar-refractivity contribution in [3.8, 4) is 0 Å². The molecule has 1 heterocycles. The van der Waals surface area contributed by atoms with Gasteiger partial charge in [-0.25, -0.2) is 4.39 Å². The molecule has 0 spiro atoms. The molecule has 1 amide bonds. The molecule has 5 heteroatoms. The molecule has 3 aromatic carbocycles. The predicted molar refractivity (Wildman–Crippen MR) is 125 cm³/mol. The van der Waals surface area contributed by atoms with Crippen LogP contribution in [0.2, 0.25) is 0 Å². The monoisotopic (exact) mass is 430 g/mol. The van der Waals surface area contributed by atoms with E-state index in [2.05, 4.69) is 4.57 Å². The average Bonchev–Trinajstić information content (AvgIpc) is 3.24. The molecule has 0 saturated carbocycles. The highest BCUT2D eigenvalue weighted by Crippen LogP contribution is 2.19. The predicted octanol–water partition coefficient (Wildman–Crippen LogP) is 5.51.